The van der Waals surface area contributed by atoms with Crippen LogP contribution in [0.2, 0.25) is 0 Å². The van der Waals surface area contributed by atoms with Crippen LogP contribution < -0.4 is 10.5 Å². The van der Waals surface area contributed by atoms with E-state index < -0.39 is 10.0 Å². The van der Waals surface area contributed by atoms with Crippen molar-refractivity contribution in [1.82, 2.24) is 4.72 Å². The molecule has 0 saturated heterocycles. The molecule has 0 atom stereocenters. The van der Waals surface area contributed by atoms with Crippen LogP contribution in [0.1, 0.15) is 38.5 Å². The lowest BCUT2D eigenvalue weighted by molar-refractivity contribution is -0.124. The SMILES string of the molecule is NCC1CCC(C(=O)NS(=O)(=O)C2CC2)CC1. The smallest absolute Gasteiger partial charge is 0.237 e. The largest absolute Gasteiger partial charge is 0.330 e. The first-order chi connectivity index (χ1) is 8.03. The van der Waals surface area contributed by atoms with Gasteiger partial charge in [-0.3, -0.25) is 9.52 Å². The molecule has 2 saturated carbocycles. The molecule has 3 N–H and O–H groups in total. The van der Waals surface area contributed by atoms with Gasteiger partial charge in [-0.2, -0.15) is 0 Å². The Morgan fingerprint density at radius 2 is 1.71 bits per heavy atom. The van der Waals surface area contributed by atoms with Gasteiger partial charge in [-0.25, -0.2) is 8.42 Å². The number of nitrogens with two attached hydrogens (primary N) is 1. The maximum atomic E-state index is 11.8. The number of carbonyl (C=O) groups is 1. The molecule has 2 rings (SSSR count). The van der Waals surface area contributed by atoms with E-state index in [1.807, 2.05) is 0 Å². The second-order valence-electron chi connectivity index (χ2n) is 5.16. The lowest BCUT2D eigenvalue weighted by Gasteiger charge is -2.26. The van der Waals surface area contributed by atoms with Gasteiger partial charge in [0.25, 0.3) is 0 Å². The van der Waals surface area contributed by atoms with Crippen molar-refractivity contribution in [1.29, 1.82) is 0 Å². The monoisotopic (exact) mass is 260 g/mol. The third-order valence-electron chi connectivity index (χ3n) is 3.76. The van der Waals surface area contributed by atoms with Gasteiger partial charge in [0, 0.05) is 5.92 Å². The van der Waals surface area contributed by atoms with Crippen LogP contribution in [-0.4, -0.2) is 26.1 Å². The van der Waals surface area contributed by atoms with Crippen molar-refractivity contribution in [2.75, 3.05) is 6.54 Å². The summed E-state index contributed by atoms with van der Waals surface area (Å²) in [5.41, 5.74) is 5.58. The quantitative estimate of drug-likeness (QED) is 0.763. The topological polar surface area (TPSA) is 89.3 Å². The summed E-state index contributed by atoms with van der Waals surface area (Å²) in [7, 11) is -3.38. The highest BCUT2D eigenvalue weighted by Crippen LogP contribution is 2.30. The summed E-state index contributed by atoms with van der Waals surface area (Å²) in [5, 5.41) is -0.327. The van der Waals surface area contributed by atoms with Crippen LogP contribution >= 0.6 is 0 Å². The Kier molecular flexibility index (Phi) is 3.73. The van der Waals surface area contributed by atoms with Crippen LogP contribution in [0.4, 0.5) is 0 Å². The Bertz CT molecular complexity index is 382. The maximum Gasteiger partial charge on any atom is 0.237 e. The van der Waals surface area contributed by atoms with Crippen LogP contribution in [0, 0.1) is 11.8 Å². The first-order valence-corrected chi connectivity index (χ1v) is 7.83. The molecule has 0 spiro atoms. The first kappa shape index (κ1) is 12.8. The van der Waals surface area contributed by atoms with Crippen molar-refractivity contribution in [2.24, 2.45) is 17.6 Å². The zero-order valence-electron chi connectivity index (χ0n) is 9.89. The van der Waals surface area contributed by atoms with Gasteiger partial charge in [-0.1, -0.05) is 0 Å². The van der Waals surface area contributed by atoms with Gasteiger partial charge in [0.15, 0.2) is 0 Å². The normalized spacial score (nSPS) is 29.9. The molecule has 0 aliphatic heterocycles. The molecule has 6 heteroatoms. The Morgan fingerprint density at radius 1 is 1.12 bits per heavy atom. The molecule has 0 bridgehead atoms. The lowest BCUT2D eigenvalue weighted by atomic mass is 9.82. The molecular formula is C11H20N2O3S. The van der Waals surface area contributed by atoms with E-state index in [0.29, 0.717) is 25.3 Å². The van der Waals surface area contributed by atoms with Gasteiger partial charge in [0.05, 0.1) is 5.25 Å². The molecule has 0 unspecified atom stereocenters. The third kappa shape index (κ3) is 3.19. The zero-order chi connectivity index (χ0) is 12.5. The zero-order valence-corrected chi connectivity index (χ0v) is 10.7. The number of hydrogen-bond donors (Lipinski definition) is 2. The summed E-state index contributed by atoms with van der Waals surface area (Å²) in [6.45, 7) is 0.661. The molecule has 17 heavy (non-hydrogen) atoms. The summed E-state index contributed by atoms with van der Waals surface area (Å²) in [5.74, 6) is 0.0396. The van der Waals surface area contributed by atoms with Crippen LogP contribution in [0.25, 0.3) is 0 Å². The number of rotatable bonds is 4. The van der Waals surface area contributed by atoms with Gasteiger partial charge in [-0.15, -0.1) is 0 Å². The molecule has 98 valence electrons. The van der Waals surface area contributed by atoms with Crippen molar-refractivity contribution in [3.8, 4) is 0 Å². The van der Waals surface area contributed by atoms with Crippen molar-refractivity contribution in [3.05, 3.63) is 0 Å². The number of nitrogens with one attached hydrogen (secondary N) is 1. The van der Waals surface area contributed by atoms with E-state index in [1.54, 1.807) is 0 Å². The molecule has 0 aromatic rings. The average Bonchev–Trinajstić information content (AvgIpc) is 3.12. The maximum absolute atomic E-state index is 11.8. The summed E-state index contributed by atoms with van der Waals surface area (Å²) in [6, 6.07) is 0. The van der Waals surface area contributed by atoms with Crippen LogP contribution in [0.3, 0.4) is 0 Å². The third-order valence-corrected chi connectivity index (χ3v) is 5.59. The highest BCUT2D eigenvalue weighted by molar-refractivity contribution is 7.90. The number of amides is 1. The minimum Gasteiger partial charge on any atom is -0.330 e. The molecule has 0 heterocycles. The standard InChI is InChI=1S/C11H20N2O3S/c12-7-8-1-3-9(4-2-8)11(14)13-17(15,16)10-5-6-10/h8-10H,1-7,12H2,(H,13,14). The fourth-order valence-corrected chi connectivity index (χ4v) is 3.72. The van der Waals surface area contributed by atoms with E-state index in [0.717, 1.165) is 25.7 Å². The van der Waals surface area contributed by atoms with Gasteiger partial charge in [0.1, 0.15) is 0 Å². The van der Waals surface area contributed by atoms with Crippen molar-refractivity contribution in [2.45, 2.75) is 43.8 Å². The van der Waals surface area contributed by atoms with Crippen molar-refractivity contribution >= 4 is 15.9 Å². The second kappa shape index (κ2) is 4.94. The van der Waals surface area contributed by atoms with E-state index in [-0.39, 0.29) is 17.1 Å². The second-order valence-corrected chi connectivity index (χ2v) is 7.12. The Labute approximate surface area is 102 Å². The molecular weight excluding hydrogens is 240 g/mol. The van der Waals surface area contributed by atoms with E-state index in [1.165, 1.54) is 0 Å². The summed E-state index contributed by atoms with van der Waals surface area (Å²) in [6.07, 6.45) is 4.74. The van der Waals surface area contributed by atoms with Crippen LogP contribution in [0.5, 0.6) is 0 Å². The summed E-state index contributed by atoms with van der Waals surface area (Å²) in [4.78, 5) is 11.8. The minimum atomic E-state index is -3.38. The molecule has 2 fully saturated rings. The summed E-state index contributed by atoms with van der Waals surface area (Å²) >= 11 is 0. The van der Waals surface area contributed by atoms with Gasteiger partial charge in [0.2, 0.25) is 15.9 Å². The summed E-state index contributed by atoms with van der Waals surface area (Å²) < 4.78 is 25.5. The molecule has 5 nitrogen and oxygen atoms in total. The van der Waals surface area contributed by atoms with E-state index in [2.05, 4.69) is 4.72 Å². The fraction of sp³-hybridized carbons (Fsp3) is 0.909. The average molecular weight is 260 g/mol. The van der Waals surface area contributed by atoms with Crippen LogP contribution in [-0.2, 0) is 14.8 Å². The predicted molar refractivity (Wildman–Crippen MR) is 64.6 cm³/mol. The number of hydrogen-bond acceptors (Lipinski definition) is 4. The molecule has 0 radical (unpaired) electrons. The van der Waals surface area contributed by atoms with E-state index in [4.69, 9.17) is 5.73 Å². The Balaban J connectivity index is 1.84. The van der Waals surface area contributed by atoms with Gasteiger partial charge >= 0.3 is 0 Å². The van der Waals surface area contributed by atoms with Crippen molar-refractivity contribution < 1.29 is 13.2 Å². The van der Waals surface area contributed by atoms with E-state index in [9.17, 15) is 13.2 Å². The van der Waals surface area contributed by atoms with Crippen LogP contribution in [0.15, 0.2) is 0 Å². The lowest BCUT2D eigenvalue weighted by Crippen LogP contribution is -2.39. The van der Waals surface area contributed by atoms with Gasteiger partial charge in [-0.05, 0) is 51.0 Å². The molecule has 2 aliphatic carbocycles. The molecule has 2 aliphatic rings. The minimum absolute atomic E-state index is 0.147. The van der Waals surface area contributed by atoms with E-state index >= 15 is 0 Å². The fourth-order valence-electron chi connectivity index (χ4n) is 2.35. The molecule has 1 amide bonds. The number of carbonyl (C=O) groups excluding carboxylic acids is 1. The molecule has 0 aromatic carbocycles. The predicted octanol–water partition coefficient (Wildman–Crippen LogP) is 0.360. The van der Waals surface area contributed by atoms with Gasteiger partial charge < -0.3 is 5.73 Å². The highest BCUT2D eigenvalue weighted by Gasteiger charge is 2.38. The number of sulfonamides is 1. The molecule has 0 aromatic heterocycles. The Morgan fingerprint density at radius 3 is 2.18 bits per heavy atom. The first-order valence-electron chi connectivity index (χ1n) is 6.28. The highest BCUT2D eigenvalue weighted by atomic mass is 32.2. The Hall–Kier alpha value is -0.620. The van der Waals surface area contributed by atoms with Crippen molar-refractivity contribution in [3.63, 3.8) is 0 Å².